The molecule has 2 aliphatic carbocycles. The summed E-state index contributed by atoms with van der Waals surface area (Å²) in [6.45, 7) is 2.45. The van der Waals surface area contributed by atoms with Gasteiger partial charge in [-0.1, -0.05) is 31.2 Å². The number of carbonyl (C=O) groups excluding carboxylic acids is 1. The van der Waals surface area contributed by atoms with E-state index in [1.807, 2.05) is 30.0 Å². The first-order valence-corrected chi connectivity index (χ1v) is 9.62. The minimum Gasteiger partial charge on any atom is -0.383 e. The fourth-order valence-corrected chi connectivity index (χ4v) is 4.92. The molecule has 0 spiro atoms. The number of benzene rings is 1. The Morgan fingerprint density at radius 3 is 3.04 bits per heavy atom. The lowest BCUT2D eigenvalue weighted by Gasteiger charge is -2.25. The van der Waals surface area contributed by atoms with Crippen LogP contribution in [0.4, 0.5) is 4.79 Å². The van der Waals surface area contributed by atoms with E-state index in [4.69, 9.17) is 0 Å². The van der Waals surface area contributed by atoms with E-state index in [0.29, 0.717) is 11.7 Å². The van der Waals surface area contributed by atoms with E-state index >= 15 is 0 Å². The summed E-state index contributed by atoms with van der Waals surface area (Å²) < 4.78 is 0. The minimum absolute atomic E-state index is 0.157. The third-order valence-corrected chi connectivity index (χ3v) is 6.22. The highest BCUT2D eigenvalue weighted by Gasteiger charge is 2.36. The van der Waals surface area contributed by atoms with Crippen molar-refractivity contribution in [1.29, 1.82) is 0 Å². The highest BCUT2D eigenvalue weighted by atomic mass is 32.2. The number of thioether (sulfide) groups is 1. The maximum absolute atomic E-state index is 12.1. The van der Waals surface area contributed by atoms with Crippen molar-refractivity contribution < 1.29 is 9.90 Å². The molecule has 0 radical (unpaired) electrons. The van der Waals surface area contributed by atoms with E-state index < -0.39 is 5.60 Å². The molecular formula is C18H26N2O2S. The Bertz CT molecular complexity index is 566. The molecule has 1 aromatic carbocycles. The fourth-order valence-electron chi connectivity index (χ4n) is 3.77. The third kappa shape index (κ3) is 3.83. The van der Waals surface area contributed by atoms with Gasteiger partial charge in [-0.05, 0) is 49.0 Å². The Morgan fingerprint density at radius 2 is 2.22 bits per heavy atom. The number of aryl methyl sites for hydroxylation is 1. The molecule has 1 aromatic rings. The second-order valence-electron chi connectivity index (χ2n) is 6.60. The van der Waals surface area contributed by atoms with Crippen LogP contribution in [0.1, 0.15) is 43.7 Å². The van der Waals surface area contributed by atoms with Gasteiger partial charge in [0.05, 0.1) is 6.54 Å². The van der Waals surface area contributed by atoms with Crippen LogP contribution in [-0.2, 0) is 12.0 Å². The van der Waals surface area contributed by atoms with Crippen molar-refractivity contribution in [2.75, 3.05) is 12.3 Å². The standard InChI is InChI=1S/C18H26N2O2S/c1-2-23-15-8-7-14(11-15)20-17(21)19-12-18(22)10-9-13-5-3-4-6-16(13)18/h3-6,14-15,22H,2,7-12H2,1H3,(H2,19,20,21). The lowest BCUT2D eigenvalue weighted by molar-refractivity contribution is 0.0411. The summed E-state index contributed by atoms with van der Waals surface area (Å²) in [6, 6.07) is 8.07. The summed E-state index contributed by atoms with van der Waals surface area (Å²) in [4.78, 5) is 12.1. The van der Waals surface area contributed by atoms with Crippen LogP contribution in [0, 0.1) is 0 Å². The normalized spacial score (nSPS) is 29.3. The number of fused-ring (bicyclic) bond motifs is 1. The predicted octanol–water partition coefficient (Wildman–Crippen LogP) is 2.79. The van der Waals surface area contributed by atoms with Gasteiger partial charge in [-0.25, -0.2) is 4.79 Å². The second kappa shape index (κ2) is 7.14. The second-order valence-corrected chi connectivity index (χ2v) is 8.18. The number of hydrogen-bond donors (Lipinski definition) is 3. The van der Waals surface area contributed by atoms with Crippen LogP contribution < -0.4 is 10.6 Å². The number of urea groups is 1. The maximum Gasteiger partial charge on any atom is 0.315 e. The third-order valence-electron chi connectivity index (χ3n) is 4.99. The number of carbonyl (C=O) groups is 1. The van der Waals surface area contributed by atoms with Gasteiger partial charge in [0, 0.05) is 11.3 Å². The average molecular weight is 334 g/mol. The lowest BCUT2D eigenvalue weighted by Crippen LogP contribution is -2.46. The van der Waals surface area contributed by atoms with Crippen LogP contribution in [0.2, 0.25) is 0 Å². The summed E-state index contributed by atoms with van der Waals surface area (Å²) in [5.41, 5.74) is 1.22. The summed E-state index contributed by atoms with van der Waals surface area (Å²) in [6.07, 6.45) is 4.83. The van der Waals surface area contributed by atoms with Gasteiger partial charge >= 0.3 is 6.03 Å². The van der Waals surface area contributed by atoms with Crippen LogP contribution in [0.5, 0.6) is 0 Å². The number of nitrogens with one attached hydrogen (secondary N) is 2. The SMILES string of the molecule is CCSC1CCC(NC(=O)NCC2(O)CCc3ccccc32)C1. The zero-order chi connectivity index (χ0) is 16.3. The summed E-state index contributed by atoms with van der Waals surface area (Å²) in [7, 11) is 0. The first-order valence-electron chi connectivity index (χ1n) is 8.57. The Kier molecular flexibility index (Phi) is 5.17. The van der Waals surface area contributed by atoms with E-state index in [1.54, 1.807) is 0 Å². The number of aliphatic hydroxyl groups is 1. The molecule has 126 valence electrons. The quantitative estimate of drug-likeness (QED) is 0.776. The van der Waals surface area contributed by atoms with Gasteiger partial charge in [0.1, 0.15) is 5.60 Å². The molecule has 3 atom stereocenters. The van der Waals surface area contributed by atoms with Gasteiger partial charge in [0.25, 0.3) is 0 Å². The first kappa shape index (κ1) is 16.7. The van der Waals surface area contributed by atoms with Gasteiger partial charge in [-0.3, -0.25) is 0 Å². The van der Waals surface area contributed by atoms with Crippen LogP contribution in [0.15, 0.2) is 24.3 Å². The molecule has 0 saturated heterocycles. The summed E-state index contributed by atoms with van der Waals surface area (Å²) in [5.74, 6) is 1.13. The van der Waals surface area contributed by atoms with Gasteiger partial charge in [0.15, 0.2) is 0 Å². The fraction of sp³-hybridized carbons (Fsp3) is 0.611. The molecule has 0 bridgehead atoms. The van der Waals surface area contributed by atoms with Crippen LogP contribution in [0.3, 0.4) is 0 Å². The Labute approximate surface area is 142 Å². The van der Waals surface area contributed by atoms with E-state index in [0.717, 1.165) is 30.6 Å². The predicted molar refractivity (Wildman–Crippen MR) is 94.8 cm³/mol. The molecule has 3 N–H and O–H groups in total. The number of rotatable bonds is 5. The van der Waals surface area contributed by atoms with Crippen LogP contribution >= 0.6 is 11.8 Å². The van der Waals surface area contributed by atoms with Crippen molar-refractivity contribution >= 4 is 17.8 Å². The topological polar surface area (TPSA) is 61.4 Å². The summed E-state index contributed by atoms with van der Waals surface area (Å²) in [5, 5.41) is 17.4. The molecule has 5 heteroatoms. The monoisotopic (exact) mass is 334 g/mol. The zero-order valence-electron chi connectivity index (χ0n) is 13.7. The van der Waals surface area contributed by atoms with Crippen molar-refractivity contribution in [1.82, 2.24) is 10.6 Å². The molecule has 3 unspecified atom stereocenters. The number of hydrogen-bond acceptors (Lipinski definition) is 3. The van der Waals surface area contributed by atoms with E-state index in [2.05, 4.69) is 23.6 Å². The van der Waals surface area contributed by atoms with Gasteiger partial charge < -0.3 is 15.7 Å². The highest BCUT2D eigenvalue weighted by Crippen LogP contribution is 2.36. The Hall–Kier alpha value is -1.20. The van der Waals surface area contributed by atoms with Crippen molar-refractivity contribution in [3.8, 4) is 0 Å². The highest BCUT2D eigenvalue weighted by molar-refractivity contribution is 7.99. The lowest BCUT2D eigenvalue weighted by atomic mass is 9.96. The molecule has 1 saturated carbocycles. The molecule has 0 heterocycles. The molecule has 2 aliphatic rings. The van der Waals surface area contributed by atoms with E-state index in [1.165, 1.54) is 12.0 Å². The van der Waals surface area contributed by atoms with Crippen LogP contribution in [-0.4, -0.2) is 34.7 Å². The Balaban J connectivity index is 1.48. The van der Waals surface area contributed by atoms with E-state index in [9.17, 15) is 9.90 Å². The average Bonchev–Trinajstić information content (AvgIpc) is 3.12. The van der Waals surface area contributed by atoms with Crippen molar-refractivity contribution in [3.05, 3.63) is 35.4 Å². The molecule has 23 heavy (non-hydrogen) atoms. The van der Waals surface area contributed by atoms with Gasteiger partial charge in [-0.15, -0.1) is 0 Å². The van der Waals surface area contributed by atoms with Gasteiger partial charge in [-0.2, -0.15) is 11.8 Å². The van der Waals surface area contributed by atoms with Gasteiger partial charge in [0.2, 0.25) is 0 Å². The van der Waals surface area contributed by atoms with Crippen molar-refractivity contribution in [2.24, 2.45) is 0 Å². The zero-order valence-corrected chi connectivity index (χ0v) is 14.5. The molecule has 1 fully saturated rings. The number of amides is 2. The summed E-state index contributed by atoms with van der Waals surface area (Å²) >= 11 is 1.98. The smallest absolute Gasteiger partial charge is 0.315 e. The molecule has 0 aromatic heterocycles. The molecule has 4 nitrogen and oxygen atoms in total. The molecular weight excluding hydrogens is 308 g/mol. The van der Waals surface area contributed by atoms with Crippen LogP contribution in [0.25, 0.3) is 0 Å². The first-order chi connectivity index (χ1) is 11.1. The minimum atomic E-state index is -0.926. The molecule has 3 rings (SSSR count). The molecule has 0 aliphatic heterocycles. The van der Waals surface area contributed by atoms with E-state index in [-0.39, 0.29) is 18.6 Å². The largest absolute Gasteiger partial charge is 0.383 e. The van der Waals surface area contributed by atoms with Crippen molar-refractivity contribution in [3.63, 3.8) is 0 Å². The Morgan fingerprint density at radius 1 is 1.39 bits per heavy atom. The van der Waals surface area contributed by atoms with Crippen molar-refractivity contribution in [2.45, 2.75) is 55.9 Å². The maximum atomic E-state index is 12.1. The molecule has 2 amide bonds.